The number of hydrogen-bond acceptors (Lipinski definition) is 3. The predicted octanol–water partition coefficient (Wildman–Crippen LogP) is 12.4. The number of benzene rings is 7. The Morgan fingerprint density at radius 1 is 0.388 bits per heavy atom. The van der Waals surface area contributed by atoms with Crippen molar-refractivity contribution in [3.63, 3.8) is 0 Å². The highest BCUT2D eigenvalue weighted by Gasteiger charge is 2.17. The van der Waals surface area contributed by atoms with Crippen molar-refractivity contribution < 1.29 is 4.42 Å². The Kier molecular flexibility index (Phi) is 7.14. The summed E-state index contributed by atoms with van der Waals surface area (Å²) in [5, 5.41) is 2.47. The Hall–Kier alpha value is -6.58. The van der Waals surface area contributed by atoms with E-state index in [1.165, 1.54) is 27.5 Å². The van der Waals surface area contributed by atoms with Crippen LogP contribution >= 0.6 is 0 Å². The van der Waals surface area contributed by atoms with E-state index in [0.717, 1.165) is 55.6 Å². The van der Waals surface area contributed by atoms with Crippen molar-refractivity contribution in [3.8, 4) is 67.1 Å². The highest BCUT2D eigenvalue weighted by atomic mass is 16.3. The third-order valence-electron chi connectivity index (χ3n) is 9.20. The van der Waals surface area contributed by atoms with Crippen LogP contribution < -0.4 is 0 Å². The van der Waals surface area contributed by atoms with Gasteiger partial charge >= 0.3 is 0 Å². The summed E-state index contributed by atoms with van der Waals surface area (Å²) >= 11 is 0. The fourth-order valence-corrected chi connectivity index (χ4v) is 6.72. The molecule has 2 heterocycles. The normalized spacial score (nSPS) is 11.3. The van der Waals surface area contributed by atoms with Crippen molar-refractivity contribution in [2.45, 2.75) is 0 Å². The van der Waals surface area contributed by atoms with E-state index in [-0.39, 0.29) is 0 Å². The Morgan fingerprint density at radius 3 is 1.84 bits per heavy atom. The monoisotopic (exact) mass is 626 g/mol. The maximum atomic E-state index is 6.60. The van der Waals surface area contributed by atoms with Crippen LogP contribution in [0.4, 0.5) is 0 Å². The topological polar surface area (TPSA) is 38.9 Å². The molecule has 2 aromatic heterocycles. The van der Waals surface area contributed by atoms with Gasteiger partial charge in [-0.25, -0.2) is 4.98 Å². The van der Waals surface area contributed by atoms with Crippen LogP contribution in [0.3, 0.4) is 0 Å². The molecule has 0 fully saturated rings. The first-order valence-corrected chi connectivity index (χ1v) is 16.5. The lowest BCUT2D eigenvalue weighted by atomic mass is 9.94. The number of hydrogen-bond donors (Lipinski definition) is 0. The van der Waals surface area contributed by atoms with Crippen molar-refractivity contribution >= 4 is 21.9 Å². The average Bonchev–Trinajstić information content (AvgIpc) is 3.63. The largest absolute Gasteiger partial charge is 0.436 e. The van der Waals surface area contributed by atoms with Gasteiger partial charge in [-0.1, -0.05) is 127 Å². The lowest BCUT2D eigenvalue weighted by Crippen LogP contribution is -1.87. The number of nitrogens with zero attached hydrogens (tertiary/aromatic N) is 2. The van der Waals surface area contributed by atoms with Gasteiger partial charge in [-0.15, -0.1) is 0 Å². The summed E-state index contributed by atoms with van der Waals surface area (Å²) in [6.45, 7) is 0. The molecule has 230 valence electrons. The van der Waals surface area contributed by atoms with Gasteiger partial charge in [-0.05, 0) is 97.7 Å². The van der Waals surface area contributed by atoms with Crippen molar-refractivity contribution in [2.75, 3.05) is 0 Å². The van der Waals surface area contributed by atoms with E-state index in [4.69, 9.17) is 9.40 Å². The summed E-state index contributed by atoms with van der Waals surface area (Å²) < 4.78 is 6.60. The molecule has 0 atom stereocenters. The van der Waals surface area contributed by atoms with Crippen molar-refractivity contribution in [2.24, 2.45) is 0 Å². The molecule has 0 aliphatic rings. The summed E-state index contributed by atoms with van der Waals surface area (Å²) in [5.74, 6) is 0.597. The maximum Gasteiger partial charge on any atom is 0.227 e. The van der Waals surface area contributed by atoms with Crippen LogP contribution in [0.1, 0.15) is 0 Å². The first kappa shape index (κ1) is 28.6. The molecule has 3 heteroatoms. The lowest BCUT2D eigenvalue weighted by molar-refractivity contribution is 0.620. The summed E-state index contributed by atoms with van der Waals surface area (Å²) in [6, 6.07) is 59.6. The summed E-state index contributed by atoms with van der Waals surface area (Å²) in [4.78, 5) is 9.49. The molecule has 9 aromatic rings. The minimum Gasteiger partial charge on any atom is -0.436 e. The molecule has 0 N–H and O–H groups in total. The second-order valence-electron chi connectivity index (χ2n) is 12.3. The number of oxazole rings is 1. The van der Waals surface area contributed by atoms with Crippen LogP contribution in [-0.4, -0.2) is 9.97 Å². The molecule has 0 saturated carbocycles. The van der Waals surface area contributed by atoms with Crippen LogP contribution in [-0.2, 0) is 0 Å². The Bertz CT molecular complexity index is 2580. The van der Waals surface area contributed by atoms with E-state index in [1.54, 1.807) is 6.20 Å². The smallest absolute Gasteiger partial charge is 0.227 e. The van der Waals surface area contributed by atoms with Crippen LogP contribution in [0, 0.1) is 0 Å². The highest BCUT2D eigenvalue weighted by Crippen LogP contribution is 2.39. The number of aromatic nitrogens is 2. The molecule has 0 amide bonds. The van der Waals surface area contributed by atoms with Gasteiger partial charge in [0.25, 0.3) is 0 Å². The molecule has 0 bridgehead atoms. The number of pyridine rings is 1. The lowest BCUT2D eigenvalue weighted by Gasteiger charge is -2.10. The van der Waals surface area contributed by atoms with Gasteiger partial charge in [0.05, 0.1) is 0 Å². The van der Waals surface area contributed by atoms with Crippen LogP contribution in [0.15, 0.2) is 187 Å². The molecule has 0 saturated heterocycles. The predicted molar refractivity (Wildman–Crippen MR) is 202 cm³/mol. The van der Waals surface area contributed by atoms with Crippen molar-refractivity contribution in [1.82, 2.24) is 9.97 Å². The van der Waals surface area contributed by atoms with E-state index in [9.17, 15) is 0 Å². The quantitative estimate of drug-likeness (QED) is 0.184. The van der Waals surface area contributed by atoms with Gasteiger partial charge in [0.2, 0.25) is 5.89 Å². The number of fused-ring (bicyclic) bond motifs is 2. The molecule has 0 unspecified atom stereocenters. The van der Waals surface area contributed by atoms with E-state index in [0.29, 0.717) is 5.89 Å². The van der Waals surface area contributed by atoms with Gasteiger partial charge in [0.1, 0.15) is 5.52 Å². The minimum atomic E-state index is 0.597. The second-order valence-corrected chi connectivity index (χ2v) is 12.3. The third kappa shape index (κ3) is 5.48. The summed E-state index contributed by atoms with van der Waals surface area (Å²) in [6.07, 6.45) is 3.70. The molecule has 0 aliphatic carbocycles. The molecular weight excluding hydrogens is 597 g/mol. The van der Waals surface area contributed by atoms with Gasteiger partial charge in [0, 0.05) is 29.1 Å². The Morgan fingerprint density at radius 2 is 1.02 bits per heavy atom. The maximum absolute atomic E-state index is 6.60. The zero-order chi connectivity index (χ0) is 32.6. The fourth-order valence-electron chi connectivity index (χ4n) is 6.72. The van der Waals surface area contributed by atoms with E-state index < -0.39 is 0 Å². The SMILES string of the molecule is c1ccc(-c2cccc(-c3cc(-c4cccc(-c5cccnc5)c4)c4nc(-c5ccc(-c6cccc7ccccc67)cc5)oc4c3)c2)cc1. The Labute approximate surface area is 284 Å². The molecular formula is C46H30N2O. The van der Waals surface area contributed by atoms with E-state index in [2.05, 4.69) is 163 Å². The molecule has 9 rings (SSSR count). The van der Waals surface area contributed by atoms with Gasteiger partial charge in [-0.3, -0.25) is 4.98 Å². The van der Waals surface area contributed by atoms with Crippen molar-refractivity contribution in [3.05, 3.63) is 182 Å². The molecule has 7 aromatic carbocycles. The zero-order valence-corrected chi connectivity index (χ0v) is 26.6. The number of rotatable bonds is 6. The average molecular weight is 627 g/mol. The fraction of sp³-hybridized carbons (Fsp3) is 0. The van der Waals surface area contributed by atoms with E-state index in [1.807, 2.05) is 18.3 Å². The summed E-state index contributed by atoms with van der Waals surface area (Å²) in [5.41, 5.74) is 13.7. The van der Waals surface area contributed by atoms with Crippen LogP contribution in [0.25, 0.3) is 89.0 Å². The molecule has 0 aliphatic heterocycles. The van der Waals surface area contributed by atoms with Crippen LogP contribution in [0.5, 0.6) is 0 Å². The third-order valence-corrected chi connectivity index (χ3v) is 9.20. The first-order chi connectivity index (χ1) is 24.3. The molecule has 3 nitrogen and oxygen atoms in total. The molecule has 0 spiro atoms. The second kappa shape index (κ2) is 12.2. The van der Waals surface area contributed by atoms with Crippen LogP contribution in [0.2, 0.25) is 0 Å². The van der Waals surface area contributed by atoms with Gasteiger partial charge in [-0.2, -0.15) is 0 Å². The van der Waals surface area contributed by atoms with Gasteiger partial charge in [0.15, 0.2) is 5.58 Å². The van der Waals surface area contributed by atoms with Crippen molar-refractivity contribution in [1.29, 1.82) is 0 Å². The highest BCUT2D eigenvalue weighted by molar-refractivity contribution is 5.98. The minimum absolute atomic E-state index is 0.597. The molecule has 0 radical (unpaired) electrons. The first-order valence-electron chi connectivity index (χ1n) is 16.5. The van der Waals surface area contributed by atoms with Gasteiger partial charge < -0.3 is 4.42 Å². The summed E-state index contributed by atoms with van der Waals surface area (Å²) in [7, 11) is 0. The Balaban J connectivity index is 1.17. The standard InChI is InChI=1S/C46H30N2O/c1-2-10-31(11-3-1)35-14-6-16-37(26-35)40-28-43(38-17-7-15-36(27-38)39-18-9-25-47-30-39)45-44(29-40)49-46(48-45)34-23-21-33(22-24-34)42-20-8-13-32-12-4-5-19-41(32)42/h1-30H. The van der Waals surface area contributed by atoms with E-state index >= 15 is 0 Å². The molecule has 49 heavy (non-hydrogen) atoms. The zero-order valence-electron chi connectivity index (χ0n) is 26.6.